The molecule has 0 amide bonds. The maximum absolute atomic E-state index is 10.9. The van der Waals surface area contributed by atoms with Gasteiger partial charge in [0.2, 0.25) is 0 Å². The average molecular weight is 252 g/mol. The van der Waals surface area contributed by atoms with E-state index in [0.717, 1.165) is 11.3 Å². The standard InChI is InChI=1S/C12H16N2O2S/c1-17(15)9-7-14-10-11-4-2-3-5-12(11)16-8-6-13/h2-5,14H,7-10H2,1H3. The predicted molar refractivity (Wildman–Crippen MR) is 68.2 cm³/mol. The highest BCUT2D eigenvalue weighted by Gasteiger charge is 2.02. The van der Waals surface area contributed by atoms with Crippen molar-refractivity contribution in [2.24, 2.45) is 0 Å². The number of nitrogens with zero attached hydrogens (tertiary/aromatic N) is 1. The minimum Gasteiger partial charge on any atom is -0.478 e. The summed E-state index contributed by atoms with van der Waals surface area (Å²) in [6, 6.07) is 9.53. The fraction of sp³-hybridized carbons (Fsp3) is 0.417. The van der Waals surface area contributed by atoms with Crippen LogP contribution in [0.1, 0.15) is 5.56 Å². The molecule has 0 saturated heterocycles. The minimum atomic E-state index is -0.770. The van der Waals surface area contributed by atoms with E-state index in [-0.39, 0.29) is 6.61 Å². The van der Waals surface area contributed by atoms with Crippen LogP contribution in [0.4, 0.5) is 0 Å². The van der Waals surface area contributed by atoms with Gasteiger partial charge in [0.05, 0.1) is 0 Å². The molecule has 0 aliphatic heterocycles. The average Bonchev–Trinajstić information content (AvgIpc) is 2.33. The molecule has 1 aromatic rings. The molecule has 0 spiro atoms. The molecule has 0 aliphatic rings. The third kappa shape index (κ3) is 5.48. The Bertz CT molecular complexity index is 415. The van der Waals surface area contributed by atoms with Gasteiger partial charge < -0.3 is 10.1 Å². The van der Waals surface area contributed by atoms with Crippen molar-refractivity contribution in [3.8, 4) is 11.8 Å². The van der Waals surface area contributed by atoms with Crippen LogP contribution in [0.3, 0.4) is 0 Å². The smallest absolute Gasteiger partial charge is 0.174 e. The quantitative estimate of drug-likeness (QED) is 0.737. The van der Waals surface area contributed by atoms with E-state index in [1.807, 2.05) is 30.3 Å². The molecule has 1 rings (SSSR count). The SMILES string of the molecule is CS(=O)CCNCc1ccccc1OCC#N. The lowest BCUT2D eigenvalue weighted by molar-refractivity contribution is 0.363. The molecule has 0 fully saturated rings. The summed E-state index contributed by atoms with van der Waals surface area (Å²) in [5.74, 6) is 1.36. The lowest BCUT2D eigenvalue weighted by atomic mass is 10.2. The Morgan fingerprint density at radius 2 is 2.24 bits per heavy atom. The highest BCUT2D eigenvalue weighted by atomic mass is 32.2. The van der Waals surface area contributed by atoms with Crippen molar-refractivity contribution in [3.63, 3.8) is 0 Å². The zero-order valence-electron chi connectivity index (χ0n) is 9.81. The molecule has 0 radical (unpaired) electrons. The van der Waals surface area contributed by atoms with Gasteiger partial charge in [0, 0.05) is 41.5 Å². The number of para-hydroxylation sites is 1. The Balaban J connectivity index is 2.46. The first kappa shape index (κ1) is 13.7. The Labute approximate surface area is 104 Å². The number of nitrogens with one attached hydrogen (secondary N) is 1. The summed E-state index contributed by atoms with van der Waals surface area (Å²) in [7, 11) is -0.770. The first-order chi connectivity index (χ1) is 8.24. The van der Waals surface area contributed by atoms with Crippen molar-refractivity contribution in [1.82, 2.24) is 5.32 Å². The van der Waals surface area contributed by atoms with E-state index >= 15 is 0 Å². The van der Waals surface area contributed by atoms with Crippen LogP contribution in [0.25, 0.3) is 0 Å². The second-order valence-electron chi connectivity index (χ2n) is 3.51. The zero-order chi connectivity index (χ0) is 12.5. The highest BCUT2D eigenvalue weighted by molar-refractivity contribution is 7.84. The van der Waals surface area contributed by atoms with Crippen LogP contribution < -0.4 is 10.1 Å². The summed E-state index contributed by atoms with van der Waals surface area (Å²) < 4.78 is 16.2. The second kappa shape index (κ2) is 7.82. The highest BCUT2D eigenvalue weighted by Crippen LogP contribution is 2.17. The van der Waals surface area contributed by atoms with Gasteiger partial charge in [0.1, 0.15) is 11.8 Å². The number of hydrogen-bond acceptors (Lipinski definition) is 4. The first-order valence-corrected chi connectivity index (χ1v) is 7.05. The molecule has 92 valence electrons. The topological polar surface area (TPSA) is 62.1 Å². The summed E-state index contributed by atoms with van der Waals surface area (Å²) in [6.45, 7) is 1.41. The largest absolute Gasteiger partial charge is 0.478 e. The van der Waals surface area contributed by atoms with E-state index in [1.54, 1.807) is 6.26 Å². The normalized spacial score (nSPS) is 11.8. The maximum atomic E-state index is 10.9. The maximum Gasteiger partial charge on any atom is 0.174 e. The van der Waals surface area contributed by atoms with Gasteiger partial charge in [-0.25, -0.2) is 0 Å². The van der Waals surface area contributed by atoms with Crippen LogP contribution in [0, 0.1) is 11.3 Å². The van der Waals surface area contributed by atoms with Gasteiger partial charge in [-0.05, 0) is 6.07 Å². The van der Waals surface area contributed by atoms with Crippen LogP contribution in [0.15, 0.2) is 24.3 Å². The van der Waals surface area contributed by atoms with E-state index in [1.165, 1.54) is 0 Å². The minimum absolute atomic E-state index is 0.0516. The third-order valence-electron chi connectivity index (χ3n) is 2.15. The van der Waals surface area contributed by atoms with E-state index in [0.29, 0.717) is 18.8 Å². The second-order valence-corrected chi connectivity index (χ2v) is 5.06. The molecule has 1 N–H and O–H groups in total. The summed E-state index contributed by atoms with van der Waals surface area (Å²) in [4.78, 5) is 0. The molecular weight excluding hydrogens is 236 g/mol. The Hall–Kier alpha value is -1.38. The monoisotopic (exact) mass is 252 g/mol. The van der Waals surface area contributed by atoms with Crippen LogP contribution in [0.2, 0.25) is 0 Å². The van der Waals surface area contributed by atoms with Crippen LogP contribution in [-0.4, -0.2) is 29.4 Å². The van der Waals surface area contributed by atoms with Gasteiger partial charge in [0.15, 0.2) is 6.61 Å². The van der Waals surface area contributed by atoms with E-state index < -0.39 is 10.8 Å². The summed E-state index contributed by atoms with van der Waals surface area (Å²) in [6.07, 6.45) is 1.69. The fourth-order valence-electron chi connectivity index (χ4n) is 1.34. The number of rotatable bonds is 7. The van der Waals surface area contributed by atoms with E-state index in [4.69, 9.17) is 10.00 Å². The van der Waals surface area contributed by atoms with Crippen molar-refractivity contribution >= 4 is 10.8 Å². The summed E-state index contributed by atoms with van der Waals surface area (Å²) >= 11 is 0. The van der Waals surface area contributed by atoms with Gasteiger partial charge in [-0.15, -0.1) is 0 Å². The molecular formula is C12H16N2O2S. The number of ether oxygens (including phenoxy) is 1. The van der Waals surface area contributed by atoms with Gasteiger partial charge >= 0.3 is 0 Å². The molecule has 1 atom stereocenters. The van der Waals surface area contributed by atoms with Crippen LogP contribution >= 0.6 is 0 Å². The number of benzene rings is 1. The summed E-state index contributed by atoms with van der Waals surface area (Å²) in [5, 5.41) is 11.7. The van der Waals surface area contributed by atoms with Crippen LogP contribution in [-0.2, 0) is 17.3 Å². The van der Waals surface area contributed by atoms with Crippen molar-refractivity contribution in [3.05, 3.63) is 29.8 Å². The molecule has 1 unspecified atom stereocenters. The van der Waals surface area contributed by atoms with Gasteiger partial charge in [-0.2, -0.15) is 5.26 Å². The van der Waals surface area contributed by atoms with Gasteiger partial charge in [-0.3, -0.25) is 4.21 Å². The zero-order valence-corrected chi connectivity index (χ0v) is 10.6. The predicted octanol–water partition coefficient (Wildman–Crippen LogP) is 1.06. The van der Waals surface area contributed by atoms with Gasteiger partial charge in [-0.1, -0.05) is 18.2 Å². The van der Waals surface area contributed by atoms with Crippen molar-refractivity contribution in [2.45, 2.75) is 6.54 Å². The first-order valence-electron chi connectivity index (χ1n) is 5.32. The Morgan fingerprint density at radius 1 is 1.47 bits per heavy atom. The molecule has 0 bridgehead atoms. The summed E-state index contributed by atoms with van der Waals surface area (Å²) in [5.41, 5.74) is 1.00. The molecule has 0 aliphatic carbocycles. The molecule has 0 aromatic heterocycles. The molecule has 0 saturated carbocycles. The van der Waals surface area contributed by atoms with E-state index in [9.17, 15) is 4.21 Å². The Kier molecular flexibility index (Phi) is 6.30. The molecule has 17 heavy (non-hydrogen) atoms. The third-order valence-corrected chi connectivity index (χ3v) is 2.93. The molecule has 1 aromatic carbocycles. The number of nitriles is 1. The van der Waals surface area contributed by atoms with Crippen molar-refractivity contribution in [1.29, 1.82) is 5.26 Å². The lowest BCUT2D eigenvalue weighted by Crippen LogP contribution is -2.20. The van der Waals surface area contributed by atoms with Crippen LogP contribution in [0.5, 0.6) is 5.75 Å². The van der Waals surface area contributed by atoms with Crippen molar-refractivity contribution < 1.29 is 8.95 Å². The van der Waals surface area contributed by atoms with E-state index in [2.05, 4.69) is 5.32 Å². The Morgan fingerprint density at radius 3 is 2.94 bits per heavy atom. The van der Waals surface area contributed by atoms with Gasteiger partial charge in [0.25, 0.3) is 0 Å². The lowest BCUT2D eigenvalue weighted by Gasteiger charge is -2.09. The number of hydrogen-bond donors (Lipinski definition) is 1. The molecule has 4 nitrogen and oxygen atoms in total. The van der Waals surface area contributed by atoms with Crippen molar-refractivity contribution in [2.75, 3.05) is 25.2 Å². The molecule has 5 heteroatoms. The fourth-order valence-corrected chi connectivity index (χ4v) is 1.77. The molecule has 0 heterocycles.